The van der Waals surface area contributed by atoms with Gasteiger partial charge in [-0.05, 0) is 35.8 Å². The molecule has 1 saturated carbocycles. The molecule has 1 aliphatic carbocycles. The summed E-state index contributed by atoms with van der Waals surface area (Å²) in [5.74, 6) is 0.278. The average molecular weight is 396 g/mol. The highest BCUT2D eigenvalue weighted by Gasteiger charge is 2.40. The van der Waals surface area contributed by atoms with Gasteiger partial charge in [-0.3, -0.25) is 0 Å². The first kappa shape index (κ1) is 20.0. The highest BCUT2D eigenvalue weighted by atomic mass is 35.5. The largest absolute Gasteiger partial charge is 0.503 e. The van der Waals surface area contributed by atoms with Gasteiger partial charge in [0.05, 0.1) is 0 Å². The van der Waals surface area contributed by atoms with Gasteiger partial charge in [0.1, 0.15) is 0 Å². The zero-order chi connectivity index (χ0) is 19.2. The predicted molar refractivity (Wildman–Crippen MR) is 101 cm³/mol. The Morgan fingerprint density at radius 3 is 2.23 bits per heavy atom. The van der Waals surface area contributed by atoms with Crippen molar-refractivity contribution in [3.05, 3.63) is 76.2 Å². The molecule has 8 heteroatoms. The first-order valence-corrected chi connectivity index (χ1v) is 9.62. The second-order valence-corrected chi connectivity index (χ2v) is 7.69. The molecule has 0 unspecified atom stereocenters. The fourth-order valence-electron chi connectivity index (χ4n) is 2.39. The molecular weight excluding hydrogens is 378 g/mol. The predicted octanol–water partition coefficient (Wildman–Crippen LogP) is 4.01. The van der Waals surface area contributed by atoms with E-state index in [0.717, 1.165) is 12.0 Å². The van der Waals surface area contributed by atoms with Crippen LogP contribution >= 0.6 is 11.6 Å². The number of benzene rings is 2. The van der Waals surface area contributed by atoms with E-state index in [2.05, 4.69) is 4.72 Å². The zero-order valence-electron chi connectivity index (χ0n) is 13.6. The van der Waals surface area contributed by atoms with Crippen molar-refractivity contribution in [2.24, 2.45) is 0 Å². The topological polar surface area (TPSA) is 104 Å². The third-order valence-electron chi connectivity index (χ3n) is 3.64. The Balaban J connectivity index is 0.000000552. The van der Waals surface area contributed by atoms with E-state index in [1.165, 1.54) is 11.0 Å². The van der Waals surface area contributed by atoms with E-state index in [1.807, 2.05) is 30.3 Å². The minimum absolute atomic E-state index is 0.0118. The Kier molecular flexibility index (Phi) is 6.79. The summed E-state index contributed by atoms with van der Waals surface area (Å²) < 4.78 is 26.9. The van der Waals surface area contributed by atoms with Crippen LogP contribution < -0.4 is 4.72 Å². The number of hydrogen-bond acceptors (Lipinski definition) is 3. The number of hydrogen-bond donors (Lipinski definition) is 3. The summed E-state index contributed by atoms with van der Waals surface area (Å²) in [5, 5.41) is 15.8. The van der Waals surface area contributed by atoms with Gasteiger partial charge in [0.15, 0.2) is 0 Å². The minimum Gasteiger partial charge on any atom is -0.450 e. The third-order valence-corrected chi connectivity index (χ3v) is 5.02. The fraction of sp³-hybridized carbons (Fsp3) is 0.167. The van der Waals surface area contributed by atoms with Crippen molar-refractivity contribution in [3.8, 4) is 0 Å². The summed E-state index contributed by atoms with van der Waals surface area (Å²) in [6.07, 6.45) is 0.580. The van der Waals surface area contributed by atoms with Crippen LogP contribution in [0.25, 0.3) is 6.08 Å². The molecule has 0 heterocycles. The summed E-state index contributed by atoms with van der Waals surface area (Å²) in [5.41, 5.74) is 1.97. The Morgan fingerprint density at radius 2 is 1.65 bits per heavy atom. The maximum Gasteiger partial charge on any atom is 0.503 e. The third kappa shape index (κ3) is 6.87. The second-order valence-electron chi connectivity index (χ2n) is 5.66. The van der Waals surface area contributed by atoms with E-state index >= 15 is 0 Å². The smallest absolute Gasteiger partial charge is 0.450 e. The number of sulfonamides is 1. The number of halogens is 1. The molecule has 2 aromatic rings. The monoisotopic (exact) mass is 395 g/mol. The average Bonchev–Trinajstić information content (AvgIpc) is 3.33. The standard InChI is InChI=1S/C17H16ClNO2S.CH2O3/c18-15-8-6-13(7-9-15)10-11-22(20,21)19-17-12-16(17)14-4-2-1-3-5-14;2-1(3)4/h1-11,16-17,19H,12H2;(H2,2,3,4)/b11-10+;/t16-,17+;/m1./s1. The van der Waals surface area contributed by atoms with Crippen LogP contribution in [0, 0.1) is 0 Å². The van der Waals surface area contributed by atoms with Gasteiger partial charge in [0.2, 0.25) is 10.0 Å². The van der Waals surface area contributed by atoms with Crippen molar-refractivity contribution in [1.29, 1.82) is 0 Å². The van der Waals surface area contributed by atoms with E-state index in [4.69, 9.17) is 26.6 Å². The van der Waals surface area contributed by atoms with Gasteiger partial charge in [-0.25, -0.2) is 17.9 Å². The van der Waals surface area contributed by atoms with Gasteiger partial charge in [0, 0.05) is 22.4 Å². The van der Waals surface area contributed by atoms with Crippen LogP contribution in [0.4, 0.5) is 4.79 Å². The van der Waals surface area contributed by atoms with Crippen LogP contribution in [0.5, 0.6) is 0 Å². The van der Waals surface area contributed by atoms with Crippen molar-refractivity contribution >= 4 is 33.9 Å². The molecule has 0 radical (unpaired) electrons. The van der Waals surface area contributed by atoms with Gasteiger partial charge in [-0.1, -0.05) is 54.1 Å². The number of carbonyl (C=O) groups is 1. The molecular formula is C18H18ClNO5S. The molecule has 138 valence electrons. The maximum atomic E-state index is 12.1. The molecule has 2 atom stereocenters. The molecule has 2 aromatic carbocycles. The quantitative estimate of drug-likeness (QED) is 0.709. The van der Waals surface area contributed by atoms with Gasteiger partial charge in [0.25, 0.3) is 0 Å². The lowest BCUT2D eigenvalue weighted by molar-refractivity contribution is 0.137. The lowest BCUT2D eigenvalue weighted by atomic mass is 10.1. The summed E-state index contributed by atoms with van der Waals surface area (Å²) in [4.78, 5) is 8.56. The maximum absolute atomic E-state index is 12.1. The summed E-state index contributed by atoms with van der Waals surface area (Å²) in [7, 11) is -3.43. The summed E-state index contributed by atoms with van der Waals surface area (Å²) in [6, 6.07) is 17.0. The highest BCUT2D eigenvalue weighted by Crippen LogP contribution is 2.41. The second kappa shape index (κ2) is 8.84. The lowest BCUT2D eigenvalue weighted by Gasteiger charge is -2.02. The number of nitrogens with one attached hydrogen (secondary N) is 1. The molecule has 0 bridgehead atoms. The van der Waals surface area contributed by atoms with Crippen LogP contribution in [0.1, 0.15) is 23.5 Å². The van der Waals surface area contributed by atoms with Crippen molar-refractivity contribution in [2.45, 2.75) is 18.4 Å². The van der Waals surface area contributed by atoms with Crippen LogP contribution in [0.15, 0.2) is 60.0 Å². The Hall–Kier alpha value is -2.35. The zero-order valence-corrected chi connectivity index (χ0v) is 15.2. The molecule has 3 N–H and O–H groups in total. The Bertz CT molecular complexity index is 862. The van der Waals surface area contributed by atoms with Crippen LogP contribution in [0.3, 0.4) is 0 Å². The first-order chi connectivity index (χ1) is 12.3. The van der Waals surface area contributed by atoms with Gasteiger partial charge in [-0.15, -0.1) is 0 Å². The van der Waals surface area contributed by atoms with Crippen LogP contribution in [0.2, 0.25) is 5.02 Å². The highest BCUT2D eigenvalue weighted by molar-refractivity contribution is 7.92. The van der Waals surface area contributed by atoms with Gasteiger partial charge < -0.3 is 10.2 Å². The fourth-order valence-corrected chi connectivity index (χ4v) is 3.61. The summed E-state index contributed by atoms with van der Waals surface area (Å²) >= 11 is 5.80. The summed E-state index contributed by atoms with van der Waals surface area (Å²) in [6.45, 7) is 0. The van der Waals surface area contributed by atoms with Crippen LogP contribution in [-0.4, -0.2) is 30.8 Å². The van der Waals surface area contributed by atoms with Crippen LogP contribution in [-0.2, 0) is 10.0 Å². The van der Waals surface area contributed by atoms with Crippen molar-refractivity contribution < 1.29 is 23.4 Å². The van der Waals surface area contributed by atoms with E-state index in [1.54, 1.807) is 30.3 Å². The molecule has 0 amide bonds. The molecule has 0 aliphatic heterocycles. The van der Waals surface area contributed by atoms with Crippen molar-refractivity contribution in [3.63, 3.8) is 0 Å². The molecule has 1 aliphatic rings. The Labute approximate surface area is 156 Å². The number of rotatable bonds is 5. The minimum atomic E-state index is -3.43. The SMILES string of the molecule is O=C(O)O.O=S(=O)(/C=C/c1ccc(Cl)cc1)N[C@H]1C[C@@H]1c1ccccc1. The van der Waals surface area contributed by atoms with E-state index in [0.29, 0.717) is 5.02 Å². The normalized spacial score (nSPS) is 18.8. The van der Waals surface area contributed by atoms with Gasteiger partial charge >= 0.3 is 6.16 Å². The van der Waals surface area contributed by atoms with E-state index in [9.17, 15) is 8.42 Å². The number of carboxylic acid groups (broad SMARTS) is 2. The molecule has 6 nitrogen and oxygen atoms in total. The van der Waals surface area contributed by atoms with Crippen molar-refractivity contribution in [2.75, 3.05) is 0 Å². The van der Waals surface area contributed by atoms with E-state index in [-0.39, 0.29) is 12.0 Å². The molecule has 0 aromatic heterocycles. The van der Waals surface area contributed by atoms with Crippen molar-refractivity contribution in [1.82, 2.24) is 4.72 Å². The molecule has 26 heavy (non-hydrogen) atoms. The molecule has 3 rings (SSSR count). The van der Waals surface area contributed by atoms with E-state index < -0.39 is 16.2 Å². The van der Waals surface area contributed by atoms with Gasteiger partial charge in [-0.2, -0.15) is 0 Å². The molecule has 0 spiro atoms. The molecule has 0 saturated heterocycles. The lowest BCUT2D eigenvalue weighted by Crippen LogP contribution is -2.24. The molecule has 1 fully saturated rings. The Morgan fingerprint density at radius 1 is 1.08 bits per heavy atom. The first-order valence-electron chi connectivity index (χ1n) is 7.69.